The summed E-state index contributed by atoms with van der Waals surface area (Å²) in [6.45, 7) is 1.90. The van der Waals surface area contributed by atoms with E-state index in [1.165, 1.54) is 11.8 Å². The average Bonchev–Trinajstić information content (AvgIpc) is 3.52. The van der Waals surface area contributed by atoms with E-state index in [1.54, 1.807) is 13.3 Å². The number of thioether (sulfide) groups is 1. The van der Waals surface area contributed by atoms with E-state index in [2.05, 4.69) is 4.98 Å². The van der Waals surface area contributed by atoms with Crippen LogP contribution in [0.25, 0.3) is 5.69 Å². The first-order chi connectivity index (χ1) is 15.7. The summed E-state index contributed by atoms with van der Waals surface area (Å²) in [7, 11) is 1.65. The number of likely N-dealkylation sites (tertiary alicyclic amines) is 1. The molecule has 0 radical (unpaired) electrons. The van der Waals surface area contributed by atoms with Crippen molar-refractivity contribution in [2.75, 3.05) is 32.6 Å². The van der Waals surface area contributed by atoms with E-state index in [4.69, 9.17) is 14.2 Å². The van der Waals surface area contributed by atoms with Crippen molar-refractivity contribution in [3.63, 3.8) is 0 Å². The van der Waals surface area contributed by atoms with Gasteiger partial charge in [0, 0.05) is 25.0 Å². The third-order valence-electron chi connectivity index (χ3n) is 5.79. The number of amides is 1. The second-order valence-electron chi connectivity index (χ2n) is 7.72. The monoisotopic (exact) mass is 451 g/mol. The standard InChI is InChI=1S/C24H25N3O4S/c1-29-19-5-2-4-18(15-19)26-11-9-25-24(26)32-16-23(28)27-10-3-6-20(27)17-7-8-21-22(14-17)31-13-12-30-21/h2,4-5,7-9,11,14-15,20H,3,6,10,12-13,16H2,1H3. The zero-order chi connectivity index (χ0) is 21.9. The molecule has 5 rings (SSSR count). The average molecular weight is 452 g/mol. The molecule has 2 aliphatic heterocycles. The molecule has 3 aromatic rings. The maximum absolute atomic E-state index is 13.2. The van der Waals surface area contributed by atoms with Crippen LogP contribution in [0.1, 0.15) is 24.4 Å². The van der Waals surface area contributed by atoms with Crippen LogP contribution in [0.15, 0.2) is 60.0 Å². The van der Waals surface area contributed by atoms with Crippen LogP contribution in [0.2, 0.25) is 0 Å². The quantitative estimate of drug-likeness (QED) is 0.526. The van der Waals surface area contributed by atoms with Gasteiger partial charge in [-0.2, -0.15) is 0 Å². The largest absolute Gasteiger partial charge is 0.497 e. The molecule has 1 fully saturated rings. The lowest BCUT2D eigenvalue weighted by atomic mass is 10.0. The number of aromatic nitrogens is 2. The van der Waals surface area contributed by atoms with Crippen molar-refractivity contribution >= 4 is 17.7 Å². The summed E-state index contributed by atoms with van der Waals surface area (Å²) in [4.78, 5) is 19.6. The van der Waals surface area contributed by atoms with Crippen molar-refractivity contribution in [3.8, 4) is 22.9 Å². The Balaban J connectivity index is 1.28. The second kappa shape index (κ2) is 9.16. The molecule has 1 aromatic heterocycles. The first kappa shape index (κ1) is 20.8. The van der Waals surface area contributed by atoms with Crippen LogP contribution in [-0.2, 0) is 4.79 Å². The molecule has 1 unspecified atom stereocenters. The van der Waals surface area contributed by atoms with Gasteiger partial charge in [0.15, 0.2) is 16.7 Å². The number of nitrogens with zero attached hydrogens (tertiary/aromatic N) is 3. The van der Waals surface area contributed by atoms with Gasteiger partial charge in [0.25, 0.3) is 0 Å². The molecule has 0 bridgehead atoms. The van der Waals surface area contributed by atoms with Crippen molar-refractivity contribution in [3.05, 3.63) is 60.4 Å². The molecule has 2 aliphatic rings. The maximum atomic E-state index is 13.2. The lowest BCUT2D eigenvalue weighted by Crippen LogP contribution is -2.32. The number of methoxy groups -OCH3 is 1. The highest BCUT2D eigenvalue weighted by molar-refractivity contribution is 7.99. The Bertz CT molecular complexity index is 1120. The first-order valence-corrected chi connectivity index (χ1v) is 11.7. The minimum atomic E-state index is 0.0667. The van der Waals surface area contributed by atoms with E-state index in [9.17, 15) is 4.79 Å². The summed E-state index contributed by atoms with van der Waals surface area (Å²) >= 11 is 1.45. The van der Waals surface area contributed by atoms with Crippen molar-refractivity contribution in [1.29, 1.82) is 0 Å². The molecule has 32 heavy (non-hydrogen) atoms. The number of fused-ring (bicyclic) bond motifs is 1. The fourth-order valence-corrected chi connectivity index (χ4v) is 5.10. The van der Waals surface area contributed by atoms with Gasteiger partial charge in [-0.3, -0.25) is 9.36 Å². The van der Waals surface area contributed by atoms with Gasteiger partial charge < -0.3 is 19.1 Å². The highest BCUT2D eigenvalue weighted by Crippen LogP contribution is 2.38. The number of hydrogen-bond donors (Lipinski definition) is 0. The zero-order valence-electron chi connectivity index (χ0n) is 17.9. The third kappa shape index (κ3) is 4.14. The number of benzene rings is 2. The van der Waals surface area contributed by atoms with Crippen molar-refractivity contribution in [1.82, 2.24) is 14.5 Å². The highest BCUT2D eigenvalue weighted by atomic mass is 32.2. The summed E-state index contributed by atoms with van der Waals surface area (Å²) in [6.07, 6.45) is 5.60. The van der Waals surface area contributed by atoms with Gasteiger partial charge in [-0.15, -0.1) is 0 Å². The van der Waals surface area contributed by atoms with E-state index in [0.717, 1.165) is 53.0 Å². The Morgan fingerprint density at radius 1 is 1.19 bits per heavy atom. The number of rotatable bonds is 6. The summed E-state index contributed by atoms with van der Waals surface area (Å²) in [5.41, 5.74) is 2.05. The molecule has 3 heterocycles. The zero-order valence-corrected chi connectivity index (χ0v) is 18.7. The number of ether oxygens (including phenoxy) is 3. The molecule has 1 amide bonds. The molecule has 1 saturated heterocycles. The van der Waals surface area contributed by atoms with Crippen LogP contribution in [0.3, 0.4) is 0 Å². The van der Waals surface area contributed by atoms with Crippen molar-refractivity contribution in [2.24, 2.45) is 0 Å². The smallest absolute Gasteiger partial charge is 0.233 e. The van der Waals surface area contributed by atoms with Gasteiger partial charge in [-0.1, -0.05) is 23.9 Å². The molecule has 0 N–H and O–H groups in total. The van der Waals surface area contributed by atoms with Crippen LogP contribution in [0.4, 0.5) is 0 Å². The Morgan fingerprint density at radius 3 is 2.94 bits per heavy atom. The van der Waals surface area contributed by atoms with Gasteiger partial charge >= 0.3 is 0 Å². The Morgan fingerprint density at radius 2 is 2.06 bits per heavy atom. The molecule has 0 aliphatic carbocycles. The molecular formula is C24H25N3O4S. The molecule has 8 heteroatoms. The van der Waals surface area contributed by atoms with Gasteiger partial charge in [0.1, 0.15) is 19.0 Å². The summed E-state index contributed by atoms with van der Waals surface area (Å²) in [5.74, 6) is 2.77. The molecule has 2 aromatic carbocycles. The van der Waals surface area contributed by atoms with E-state index in [0.29, 0.717) is 19.0 Å². The minimum Gasteiger partial charge on any atom is -0.497 e. The van der Waals surface area contributed by atoms with Gasteiger partial charge in [0.2, 0.25) is 5.91 Å². The lowest BCUT2D eigenvalue weighted by Gasteiger charge is -2.26. The number of carbonyl (C=O) groups excluding carboxylic acids is 1. The summed E-state index contributed by atoms with van der Waals surface area (Å²) < 4.78 is 18.7. The van der Waals surface area contributed by atoms with Gasteiger partial charge in [-0.05, 0) is 42.7 Å². The normalized spacial score (nSPS) is 17.4. The topological polar surface area (TPSA) is 65.8 Å². The predicted octanol–water partition coefficient (Wildman–Crippen LogP) is 4.11. The third-order valence-corrected chi connectivity index (χ3v) is 6.74. The second-order valence-corrected chi connectivity index (χ2v) is 8.66. The van der Waals surface area contributed by atoms with Gasteiger partial charge in [-0.25, -0.2) is 4.98 Å². The summed E-state index contributed by atoms with van der Waals surface area (Å²) in [5, 5.41) is 0.779. The van der Waals surface area contributed by atoms with Crippen LogP contribution >= 0.6 is 11.8 Å². The Hall–Kier alpha value is -3.13. The highest BCUT2D eigenvalue weighted by Gasteiger charge is 2.31. The van der Waals surface area contributed by atoms with E-state index in [1.807, 2.05) is 58.1 Å². The van der Waals surface area contributed by atoms with Crippen LogP contribution < -0.4 is 14.2 Å². The first-order valence-electron chi connectivity index (χ1n) is 10.7. The number of carbonyl (C=O) groups is 1. The van der Waals surface area contributed by atoms with Gasteiger partial charge in [0.05, 0.1) is 24.6 Å². The lowest BCUT2D eigenvalue weighted by molar-refractivity contribution is -0.129. The molecule has 166 valence electrons. The molecule has 7 nitrogen and oxygen atoms in total. The predicted molar refractivity (Wildman–Crippen MR) is 122 cm³/mol. The molecule has 1 atom stereocenters. The SMILES string of the molecule is COc1cccc(-n2ccnc2SCC(=O)N2CCCC2c2ccc3c(c2)OCCO3)c1. The van der Waals surface area contributed by atoms with E-state index in [-0.39, 0.29) is 11.9 Å². The van der Waals surface area contributed by atoms with E-state index >= 15 is 0 Å². The molecular weight excluding hydrogens is 426 g/mol. The molecule has 0 saturated carbocycles. The fourth-order valence-electron chi connectivity index (χ4n) is 4.24. The Kier molecular flexibility index (Phi) is 5.94. The Labute approximate surface area is 191 Å². The minimum absolute atomic E-state index is 0.0667. The van der Waals surface area contributed by atoms with Crippen molar-refractivity contribution in [2.45, 2.75) is 24.0 Å². The number of hydrogen-bond acceptors (Lipinski definition) is 6. The maximum Gasteiger partial charge on any atom is 0.233 e. The van der Waals surface area contributed by atoms with Crippen LogP contribution in [0.5, 0.6) is 17.2 Å². The van der Waals surface area contributed by atoms with E-state index < -0.39 is 0 Å². The molecule has 0 spiro atoms. The van der Waals surface area contributed by atoms with Crippen molar-refractivity contribution < 1.29 is 19.0 Å². The van der Waals surface area contributed by atoms with Crippen LogP contribution in [-0.4, -0.2) is 53.0 Å². The summed E-state index contributed by atoms with van der Waals surface area (Å²) in [6, 6.07) is 13.9. The van der Waals surface area contributed by atoms with Crippen LogP contribution in [0, 0.1) is 0 Å². The number of imidazole rings is 1. The fraction of sp³-hybridized carbons (Fsp3) is 0.333.